The number of hydrogen-bond donors (Lipinski definition) is 0. The minimum absolute atomic E-state index is 0.338. The Morgan fingerprint density at radius 2 is 1.84 bits per heavy atom. The van der Waals surface area contributed by atoms with Gasteiger partial charge in [0.2, 0.25) is 0 Å². The van der Waals surface area contributed by atoms with Crippen LogP contribution in [-0.4, -0.2) is 23.8 Å². The van der Waals surface area contributed by atoms with E-state index < -0.39 is 0 Å². The molecule has 0 amide bonds. The van der Waals surface area contributed by atoms with Gasteiger partial charge in [-0.25, -0.2) is 0 Å². The fraction of sp³-hybridized carbons (Fsp3) is 0.625. The van der Waals surface area contributed by atoms with Crippen molar-refractivity contribution in [3.8, 4) is 0 Å². The smallest absolute Gasteiger partial charge is 0.0453 e. The normalized spacial score (nSPS) is 13.8. The third kappa shape index (κ3) is 4.21. The first-order valence-corrected chi connectivity index (χ1v) is 8.50. The SMILES string of the molecule is CCC(CC)(CBr)CN(C)C(C)c1ccccc1Cl. The van der Waals surface area contributed by atoms with E-state index in [1.165, 1.54) is 18.4 Å². The summed E-state index contributed by atoms with van der Waals surface area (Å²) in [4.78, 5) is 2.41. The van der Waals surface area contributed by atoms with Crippen molar-refractivity contribution < 1.29 is 0 Å². The van der Waals surface area contributed by atoms with Crippen molar-refractivity contribution in [2.75, 3.05) is 18.9 Å². The third-order valence-electron chi connectivity index (χ3n) is 4.38. The molecule has 3 heteroatoms. The highest BCUT2D eigenvalue weighted by atomic mass is 79.9. The third-order valence-corrected chi connectivity index (χ3v) is 5.92. The molecule has 0 fully saturated rings. The van der Waals surface area contributed by atoms with Gasteiger partial charge in [0.1, 0.15) is 0 Å². The molecule has 0 aromatic heterocycles. The molecule has 1 rings (SSSR count). The number of rotatable bonds is 7. The van der Waals surface area contributed by atoms with Crippen LogP contribution in [0, 0.1) is 5.41 Å². The molecule has 0 radical (unpaired) electrons. The first-order chi connectivity index (χ1) is 8.99. The van der Waals surface area contributed by atoms with Crippen molar-refractivity contribution in [1.82, 2.24) is 4.90 Å². The van der Waals surface area contributed by atoms with Crippen molar-refractivity contribution >= 4 is 27.5 Å². The molecule has 108 valence electrons. The van der Waals surface area contributed by atoms with Gasteiger partial charge in [-0.2, -0.15) is 0 Å². The van der Waals surface area contributed by atoms with E-state index in [4.69, 9.17) is 11.6 Å². The molecule has 1 nitrogen and oxygen atoms in total. The van der Waals surface area contributed by atoms with E-state index in [9.17, 15) is 0 Å². The molecule has 1 aromatic rings. The Balaban J connectivity index is 2.83. The summed E-state index contributed by atoms with van der Waals surface area (Å²) in [5.74, 6) is 0. The van der Waals surface area contributed by atoms with Crippen LogP contribution in [0.3, 0.4) is 0 Å². The van der Waals surface area contributed by atoms with Gasteiger partial charge in [-0.3, -0.25) is 4.90 Å². The lowest BCUT2D eigenvalue weighted by molar-refractivity contribution is 0.151. The molecule has 1 unspecified atom stereocenters. The number of alkyl halides is 1. The predicted molar refractivity (Wildman–Crippen MR) is 89.3 cm³/mol. The van der Waals surface area contributed by atoms with Gasteiger partial charge in [0, 0.05) is 22.9 Å². The van der Waals surface area contributed by atoms with E-state index in [2.05, 4.69) is 60.8 Å². The Morgan fingerprint density at radius 3 is 2.32 bits per heavy atom. The molecule has 0 aliphatic heterocycles. The molecular weight excluding hydrogens is 322 g/mol. The van der Waals surface area contributed by atoms with E-state index in [1.807, 2.05) is 12.1 Å². The van der Waals surface area contributed by atoms with Crippen LogP contribution in [0.15, 0.2) is 24.3 Å². The number of halogens is 2. The average molecular weight is 347 g/mol. The summed E-state index contributed by atoms with van der Waals surface area (Å²) in [5, 5.41) is 1.91. The molecule has 0 spiro atoms. The molecule has 0 bridgehead atoms. The van der Waals surface area contributed by atoms with Gasteiger partial charge in [0.15, 0.2) is 0 Å². The molecule has 1 atom stereocenters. The van der Waals surface area contributed by atoms with E-state index in [0.29, 0.717) is 11.5 Å². The van der Waals surface area contributed by atoms with Gasteiger partial charge in [-0.05, 0) is 43.9 Å². The monoisotopic (exact) mass is 345 g/mol. The maximum atomic E-state index is 6.30. The van der Waals surface area contributed by atoms with Gasteiger partial charge in [-0.15, -0.1) is 0 Å². The maximum absolute atomic E-state index is 6.30. The predicted octanol–water partition coefficient (Wildman–Crippen LogP) is 5.53. The van der Waals surface area contributed by atoms with Crippen molar-refractivity contribution in [3.05, 3.63) is 34.9 Å². The van der Waals surface area contributed by atoms with Gasteiger partial charge in [0.05, 0.1) is 0 Å². The summed E-state index contributed by atoms with van der Waals surface area (Å²) in [6.07, 6.45) is 2.38. The highest BCUT2D eigenvalue weighted by Gasteiger charge is 2.28. The Hall–Kier alpha value is -0.0500. The Kier molecular flexibility index (Phi) is 6.85. The van der Waals surface area contributed by atoms with E-state index in [-0.39, 0.29) is 0 Å². The highest BCUT2D eigenvalue weighted by molar-refractivity contribution is 9.09. The summed E-state index contributed by atoms with van der Waals surface area (Å²) < 4.78 is 0. The second-order valence-electron chi connectivity index (χ2n) is 5.45. The fourth-order valence-electron chi connectivity index (χ4n) is 2.42. The summed E-state index contributed by atoms with van der Waals surface area (Å²) in [6.45, 7) is 7.86. The Labute approximate surface area is 131 Å². The summed E-state index contributed by atoms with van der Waals surface area (Å²) in [7, 11) is 2.19. The quantitative estimate of drug-likeness (QED) is 0.586. The van der Waals surface area contributed by atoms with Crippen LogP contribution < -0.4 is 0 Å². The van der Waals surface area contributed by atoms with Crippen molar-refractivity contribution in [2.24, 2.45) is 5.41 Å². The second kappa shape index (κ2) is 7.66. The zero-order chi connectivity index (χ0) is 14.5. The van der Waals surface area contributed by atoms with E-state index in [0.717, 1.165) is 16.9 Å². The van der Waals surface area contributed by atoms with Crippen LogP contribution in [0.4, 0.5) is 0 Å². The van der Waals surface area contributed by atoms with Gasteiger partial charge in [-0.1, -0.05) is 59.6 Å². The van der Waals surface area contributed by atoms with E-state index in [1.54, 1.807) is 0 Å². The summed E-state index contributed by atoms with van der Waals surface area (Å²) in [5.41, 5.74) is 1.56. The van der Waals surface area contributed by atoms with Gasteiger partial charge >= 0.3 is 0 Å². The van der Waals surface area contributed by atoms with Crippen molar-refractivity contribution in [2.45, 2.75) is 39.7 Å². The summed E-state index contributed by atoms with van der Waals surface area (Å²) >= 11 is 9.99. The Morgan fingerprint density at radius 1 is 1.26 bits per heavy atom. The first kappa shape index (κ1) is 17.0. The molecule has 0 heterocycles. The topological polar surface area (TPSA) is 3.24 Å². The zero-order valence-electron chi connectivity index (χ0n) is 12.4. The van der Waals surface area contributed by atoms with Crippen molar-refractivity contribution in [1.29, 1.82) is 0 Å². The lowest BCUT2D eigenvalue weighted by Crippen LogP contribution is -2.37. The highest BCUT2D eigenvalue weighted by Crippen LogP contribution is 2.33. The van der Waals surface area contributed by atoms with E-state index >= 15 is 0 Å². The number of benzene rings is 1. The molecule has 19 heavy (non-hydrogen) atoms. The standard InChI is InChI=1S/C16H25BrClN/c1-5-16(6-2,11-17)12-19(4)13(3)14-9-7-8-10-15(14)18/h7-10,13H,5-6,11-12H2,1-4H3. The summed E-state index contributed by atoms with van der Waals surface area (Å²) in [6, 6.07) is 8.48. The molecule has 0 saturated carbocycles. The largest absolute Gasteiger partial charge is 0.299 e. The second-order valence-corrected chi connectivity index (χ2v) is 6.42. The average Bonchev–Trinajstić information content (AvgIpc) is 2.44. The van der Waals surface area contributed by atoms with Gasteiger partial charge in [0.25, 0.3) is 0 Å². The lowest BCUT2D eigenvalue weighted by atomic mass is 9.83. The molecule has 1 aromatic carbocycles. The molecule has 0 aliphatic rings. The van der Waals surface area contributed by atoms with Gasteiger partial charge < -0.3 is 0 Å². The fourth-order valence-corrected chi connectivity index (χ4v) is 3.69. The van der Waals surface area contributed by atoms with Crippen LogP contribution in [0.5, 0.6) is 0 Å². The van der Waals surface area contributed by atoms with Crippen LogP contribution >= 0.6 is 27.5 Å². The number of hydrogen-bond acceptors (Lipinski definition) is 1. The number of nitrogens with zero attached hydrogens (tertiary/aromatic N) is 1. The van der Waals surface area contributed by atoms with Crippen LogP contribution in [0.25, 0.3) is 0 Å². The maximum Gasteiger partial charge on any atom is 0.0453 e. The minimum Gasteiger partial charge on any atom is -0.299 e. The molecule has 0 saturated heterocycles. The first-order valence-electron chi connectivity index (χ1n) is 7.00. The zero-order valence-corrected chi connectivity index (χ0v) is 14.8. The molecular formula is C16H25BrClN. The van der Waals surface area contributed by atoms with Crippen LogP contribution in [0.2, 0.25) is 5.02 Å². The minimum atomic E-state index is 0.338. The lowest BCUT2D eigenvalue weighted by Gasteiger charge is -2.37. The molecule has 0 aliphatic carbocycles. The Bertz CT molecular complexity index is 382. The van der Waals surface area contributed by atoms with Crippen LogP contribution in [0.1, 0.15) is 45.2 Å². The molecule has 0 N–H and O–H groups in total. The van der Waals surface area contributed by atoms with Crippen LogP contribution in [-0.2, 0) is 0 Å². The van der Waals surface area contributed by atoms with Crippen molar-refractivity contribution in [3.63, 3.8) is 0 Å².